The summed E-state index contributed by atoms with van der Waals surface area (Å²) in [6, 6.07) is 6.01. The normalized spacial score (nSPS) is 15.5. The third-order valence-electron chi connectivity index (χ3n) is 7.93. The highest BCUT2D eigenvalue weighted by Gasteiger charge is 2.31. The maximum absolute atomic E-state index is 15.2. The molecule has 5 rings (SSSR count). The van der Waals surface area contributed by atoms with Gasteiger partial charge in [0.2, 0.25) is 5.91 Å². The van der Waals surface area contributed by atoms with Crippen LogP contribution in [0, 0.1) is 11.7 Å². The molecule has 0 spiro atoms. The van der Waals surface area contributed by atoms with Crippen LogP contribution in [0.5, 0.6) is 5.75 Å². The molecule has 1 aliphatic heterocycles. The van der Waals surface area contributed by atoms with Crippen LogP contribution in [0.1, 0.15) is 47.7 Å². The van der Waals surface area contributed by atoms with Crippen molar-refractivity contribution >= 4 is 58.5 Å². The first-order valence-electron chi connectivity index (χ1n) is 15.5. The number of methoxy groups -OCH3 is 1. The molecule has 2 aliphatic rings. The van der Waals surface area contributed by atoms with Gasteiger partial charge in [-0.2, -0.15) is 5.10 Å². The highest BCUT2D eigenvalue weighted by molar-refractivity contribution is 6.60. The standard InChI is InChI=1S/C29H39B3FN9O4/c1-15(2)41-7-9-42(10-8-41)28(45)22-13-19(39-40(22)3)18-11-17(33)12-21(25(18)46-4)34-20-14-23(35-26(43)16-5-6-16)37-38-24(20)27(44)36-29(30,31)32/h11-16H,5-10,30-32H2,1-4H3,(H,36,44)(H2,34,35,37,43). The minimum Gasteiger partial charge on any atom is -0.494 e. The number of rotatable bonds is 10. The van der Waals surface area contributed by atoms with E-state index in [1.807, 2.05) is 23.5 Å². The van der Waals surface area contributed by atoms with E-state index in [0.717, 1.165) is 25.9 Å². The second-order valence-electron chi connectivity index (χ2n) is 13.1. The molecule has 1 saturated carbocycles. The number of piperazine rings is 1. The zero-order chi connectivity index (χ0) is 33.3. The molecule has 3 N–H and O–H groups in total. The number of aromatic nitrogens is 4. The number of nitrogens with one attached hydrogen (secondary N) is 3. The molecule has 0 unspecified atom stereocenters. The Labute approximate surface area is 270 Å². The number of aryl methyl sites for hydroxylation is 1. The van der Waals surface area contributed by atoms with Gasteiger partial charge in [0, 0.05) is 62.9 Å². The van der Waals surface area contributed by atoms with Gasteiger partial charge in [-0.25, -0.2) is 4.39 Å². The average Bonchev–Trinajstić information content (AvgIpc) is 3.77. The molecule has 0 radical (unpaired) electrons. The molecule has 3 amide bonds. The van der Waals surface area contributed by atoms with Gasteiger partial charge < -0.3 is 25.6 Å². The fraction of sp³-hybridized carbons (Fsp3) is 0.448. The zero-order valence-electron chi connectivity index (χ0n) is 27.4. The number of ether oxygens (including phenoxy) is 1. The highest BCUT2D eigenvalue weighted by atomic mass is 19.1. The molecule has 2 aromatic heterocycles. The van der Waals surface area contributed by atoms with Crippen molar-refractivity contribution in [3.63, 3.8) is 0 Å². The van der Waals surface area contributed by atoms with E-state index in [0.29, 0.717) is 36.1 Å². The van der Waals surface area contributed by atoms with Crippen molar-refractivity contribution in [1.82, 2.24) is 35.1 Å². The lowest BCUT2D eigenvalue weighted by atomic mass is 9.49. The van der Waals surface area contributed by atoms with E-state index in [9.17, 15) is 14.4 Å². The Bertz CT molecular complexity index is 1650. The smallest absolute Gasteiger partial charge is 0.272 e. The first kappa shape index (κ1) is 33.0. The van der Waals surface area contributed by atoms with Crippen molar-refractivity contribution in [2.75, 3.05) is 43.9 Å². The van der Waals surface area contributed by atoms with E-state index in [2.05, 4.69) is 50.0 Å². The maximum Gasteiger partial charge on any atom is 0.272 e. The van der Waals surface area contributed by atoms with E-state index in [4.69, 9.17) is 4.74 Å². The third kappa shape index (κ3) is 7.52. The first-order chi connectivity index (χ1) is 21.7. The molecule has 0 atom stereocenters. The number of anilines is 3. The lowest BCUT2D eigenvalue weighted by Gasteiger charge is -2.36. The SMILES string of the molecule is BC(B)(B)NC(=O)c1nnc(NC(=O)C2CC2)cc1Nc1cc(F)cc(-c2cc(C(=O)N3CCN(C(C)C)CC3)n(C)n2)c1OC. The van der Waals surface area contributed by atoms with E-state index in [1.165, 1.54) is 30.0 Å². The number of benzene rings is 1. The molecule has 13 nitrogen and oxygen atoms in total. The van der Waals surface area contributed by atoms with Crippen molar-refractivity contribution in [1.29, 1.82) is 0 Å². The Hall–Kier alpha value is -4.40. The summed E-state index contributed by atoms with van der Waals surface area (Å²) in [5.74, 6) is -1.16. The topological polar surface area (TPSA) is 147 Å². The molecule has 46 heavy (non-hydrogen) atoms. The van der Waals surface area contributed by atoms with Crippen LogP contribution in [-0.2, 0) is 11.8 Å². The van der Waals surface area contributed by atoms with Crippen molar-refractivity contribution < 1.29 is 23.5 Å². The van der Waals surface area contributed by atoms with Crippen LogP contribution in [0.3, 0.4) is 0 Å². The van der Waals surface area contributed by atoms with Gasteiger partial charge in [0.15, 0.2) is 17.3 Å². The molecule has 17 heteroatoms. The molecule has 240 valence electrons. The molecule has 1 aliphatic carbocycles. The largest absolute Gasteiger partial charge is 0.494 e. The quantitative estimate of drug-likeness (QED) is 0.254. The number of carbonyl (C=O) groups excluding carboxylic acids is 3. The van der Waals surface area contributed by atoms with Gasteiger partial charge in [-0.05, 0) is 44.1 Å². The van der Waals surface area contributed by atoms with Crippen molar-refractivity contribution in [3.05, 3.63) is 41.5 Å². The molecular formula is C29H39B3FN9O4. The predicted molar refractivity (Wildman–Crippen MR) is 180 cm³/mol. The summed E-state index contributed by atoms with van der Waals surface area (Å²) in [5.41, 5.74) is 1.30. The number of hydrogen-bond acceptors (Lipinski definition) is 9. The minimum atomic E-state index is -0.605. The van der Waals surface area contributed by atoms with Crippen LogP contribution in [0.4, 0.5) is 21.6 Å². The second kappa shape index (κ2) is 13.1. The molecule has 2 fully saturated rings. The third-order valence-corrected chi connectivity index (χ3v) is 7.93. The Balaban J connectivity index is 1.48. The maximum atomic E-state index is 15.2. The van der Waals surface area contributed by atoms with Crippen LogP contribution in [-0.4, -0.2) is 116 Å². The highest BCUT2D eigenvalue weighted by Crippen LogP contribution is 2.39. The van der Waals surface area contributed by atoms with Gasteiger partial charge in [0.25, 0.3) is 11.8 Å². The Morgan fingerprint density at radius 2 is 1.72 bits per heavy atom. The summed E-state index contributed by atoms with van der Waals surface area (Å²) < 4.78 is 22.5. The van der Waals surface area contributed by atoms with Crippen molar-refractivity contribution in [2.45, 2.75) is 38.0 Å². The van der Waals surface area contributed by atoms with Crippen LogP contribution in [0.2, 0.25) is 0 Å². The number of amides is 3. The van der Waals surface area contributed by atoms with Gasteiger partial charge in [0.1, 0.15) is 35.0 Å². The van der Waals surface area contributed by atoms with Gasteiger partial charge >= 0.3 is 0 Å². The van der Waals surface area contributed by atoms with Crippen molar-refractivity contribution in [3.8, 4) is 17.0 Å². The van der Waals surface area contributed by atoms with Gasteiger partial charge in [-0.3, -0.25) is 24.0 Å². The van der Waals surface area contributed by atoms with Crippen LogP contribution in [0.15, 0.2) is 24.3 Å². The monoisotopic (exact) mass is 629 g/mol. The zero-order valence-corrected chi connectivity index (χ0v) is 27.4. The number of hydrogen-bond donors (Lipinski definition) is 3. The van der Waals surface area contributed by atoms with Crippen LogP contribution < -0.4 is 20.7 Å². The fourth-order valence-corrected chi connectivity index (χ4v) is 5.33. The first-order valence-corrected chi connectivity index (χ1v) is 15.5. The Morgan fingerprint density at radius 1 is 1.02 bits per heavy atom. The minimum absolute atomic E-state index is 0.0597. The lowest BCUT2D eigenvalue weighted by Crippen LogP contribution is -2.51. The van der Waals surface area contributed by atoms with Gasteiger partial charge in [0.05, 0.1) is 24.2 Å². The number of nitrogens with zero attached hydrogens (tertiary/aromatic N) is 6. The number of carbonyl (C=O) groups is 3. The van der Waals surface area contributed by atoms with E-state index < -0.39 is 17.0 Å². The second-order valence-corrected chi connectivity index (χ2v) is 13.1. The fourth-order valence-electron chi connectivity index (χ4n) is 5.33. The molecule has 3 heterocycles. The predicted octanol–water partition coefficient (Wildman–Crippen LogP) is -0.476. The lowest BCUT2D eigenvalue weighted by molar-refractivity contribution is -0.117. The molecule has 1 aromatic carbocycles. The Morgan fingerprint density at radius 3 is 2.33 bits per heavy atom. The van der Waals surface area contributed by atoms with Gasteiger partial charge in [-0.1, -0.05) is 0 Å². The van der Waals surface area contributed by atoms with Crippen LogP contribution in [0.25, 0.3) is 11.3 Å². The molecule has 1 saturated heterocycles. The summed E-state index contributed by atoms with van der Waals surface area (Å²) in [6.45, 7) is 7.04. The van der Waals surface area contributed by atoms with Crippen molar-refractivity contribution in [2.24, 2.45) is 13.0 Å². The summed E-state index contributed by atoms with van der Waals surface area (Å²) in [4.78, 5) is 43.3. The summed E-state index contributed by atoms with van der Waals surface area (Å²) in [7, 11) is 8.59. The van der Waals surface area contributed by atoms with E-state index >= 15 is 4.39 Å². The van der Waals surface area contributed by atoms with Gasteiger partial charge in [-0.15, -0.1) is 10.2 Å². The molecule has 3 aromatic rings. The molecule has 0 bridgehead atoms. The van der Waals surface area contributed by atoms with E-state index in [1.54, 1.807) is 18.0 Å². The average molecular weight is 629 g/mol. The number of halogens is 1. The molecular weight excluding hydrogens is 590 g/mol. The summed E-state index contributed by atoms with van der Waals surface area (Å²) in [5, 5.41) is 20.8. The van der Waals surface area contributed by atoms with E-state index in [-0.39, 0.29) is 46.4 Å². The summed E-state index contributed by atoms with van der Waals surface area (Å²) >= 11 is 0. The van der Waals surface area contributed by atoms with Crippen LogP contribution >= 0.6 is 0 Å². The summed E-state index contributed by atoms with van der Waals surface area (Å²) in [6.07, 6.45) is 1.60. The Kier molecular flexibility index (Phi) is 9.43.